The average Bonchev–Trinajstić information content (AvgIpc) is 2.63. The first kappa shape index (κ1) is 11.5. The zero-order valence-electron chi connectivity index (χ0n) is 8.65. The van der Waals surface area contributed by atoms with Crippen LogP contribution in [0.2, 0.25) is 0 Å². The molecule has 0 aliphatic heterocycles. The lowest BCUT2D eigenvalue weighted by atomic mass is 10.2. The van der Waals surface area contributed by atoms with Gasteiger partial charge in [-0.3, -0.25) is 0 Å². The van der Waals surface area contributed by atoms with E-state index < -0.39 is 9.84 Å². The van der Waals surface area contributed by atoms with Gasteiger partial charge in [0.2, 0.25) is 14.9 Å². The number of hydrogen-bond donors (Lipinski definition) is 0. The van der Waals surface area contributed by atoms with Crippen molar-refractivity contribution in [2.24, 2.45) is 0 Å². The third kappa shape index (κ3) is 1.82. The third-order valence-electron chi connectivity index (χ3n) is 2.16. The molecule has 4 nitrogen and oxygen atoms in total. The molecule has 1 aromatic heterocycles. The normalized spacial score (nSPS) is 11.9. The number of fused-ring (bicyclic) bond motifs is 1. The first-order chi connectivity index (χ1) is 7.43. The summed E-state index contributed by atoms with van der Waals surface area (Å²) in [6.07, 6.45) is 1.10. The molecule has 0 fully saturated rings. The number of furan rings is 1. The van der Waals surface area contributed by atoms with Gasteiger partial charge in [-0.1, -0.05) is 15.9 Å². The van der Waals surface area contributed by atoms with Crippen molar-refractivity contribution in [2.75, 3.05) is 13.4 Å². The van der Waals surface area contributed by atoms with Crippen LogP contribution in [-0.4, -0.2) is 21.8 Å². The molecule has 0 saturated heterocycles. The predicted octanol–water partition coefficient (Wildman–Crippen LogP) is 2.61. The molecule has 1 aromatic carbocycles. The highest BCUT2D eigenvalue weighted by Gasteiger charge is 2.17. The average molecular weight is 305 g/mol. The predicted molar refractivity (Wildman–Crippen MR) is 63.6 cm³/mol. The Morgan fingerprint density at radius 3 is 2.62 bits per heavy atom. The van der Waals surface area contributed by atoms with E-state index in [9.17, 15) is 8.42 Å². The molecule has 0 amide bonds. The van der Waals surface area contributed by atoms with E-state index in [1.165, 1.54) is 13.2 Å². The van der Waals surface area contributed by atoms with Gasteiger partial charge < -0.3 is 9.15 Å². The van der Waals surface area contributed by atoms with Crippen molar-refractivity contribution in [3.8, 4) is 5.75 Å². The number of ether oxygens (including phenoxy) is 1. The molecule has 0 aliphatic carbocycles. The molecule has 0 aliphatic rings. The maximum absolute atomic E-state index is 11.4. The van der Waals surface area contributed by atoms with Gasteiger partial charge in [-0.25, -0.2) is 8.42 Å². The first-order valence-corrected chi connectivity index (χ1v) is 7.08. The quantitative estimate of drug-likeness (QED) is 0.856. The van der Waals surface area contributed by atoms with Crippen LogP contribution in [0.3, 0.4) is 0 Å². The van der Waals surface area contributed by atoms with E-state index in [2.05, 4.69) is 15.9 Å². The van der Waals surface area contributed by atoms with E-state index in [1.807, 2.05) is 0 Å². The van der Waals surface area contributed by atoms with Crippen molar-refractivity contribution >= 4 is 36.7 Å². The molecule has 1 heterocycles. The number of halogens is 1. The molecule has 16 heavy (non-hydrogen) atoms. The standard InChI is InChI=1S/C10H9BrO4S/c1-14-8-4-3-7(11)6-5-9(15-10(6)8)16(2,12)13/h3-5H,1-2H3. The maximum atomic E-state index is 11.4. The van der Waals surface area contributed by atoms with Crippen molar-refractivity contribution in [2.45, 2.75) is 5.09 Å². The monoisotopic (exact) mass is 304 g/mol. The minimum absolute atomic E-state index is 0.0623. The summed E-state index contributed by atoms with van der Waals surface area (Å²) in [6, 6.07) is 4.97. The highest BCUT2D eigenvalue weighted by atomic mass is 79.9. The van der Waals surface area contributed by atoms with Crippen LogP contribution in [0.4, 0.5) is 0 Å². The molecule has 0 atom stereocenters. The Morgan fingerprint density at radius 2 is 2.06 bits per heavy atom. The molecule has 86 valence electrons. The lowest BCUT2D eigenvalue weighted by Gasteiger charge is -2.00. The molecule has 6 heteroatoms. The maximum Gasteiger partial charge on any atom is 0.219 e. The Hall–Kier alpha value is -1.01. The van der Waals surface area contributed by atoms with E-state index in [1.54, 1.807) is 12.1 Å². The van der Waals surface area contributed by atoms with Gasteiger partial charge in [-0.05, 0) is 12.1 Å². The summed E-state index contributed by atoms with van der Waals surface area (Å²) in [5, 5.41) is 0.618. The third-order valence-corrected chi connectivity index (χ3v) is 3.78. The summed E-state index contributed by atoms with van der Waals surface area (Å²) in [5.74, 6) is 0.508. The molecular weight excluding hydrogens is 296 g/mol. The SMILES string of the molecule is COc1ccc(Br)c2cc(S(C)(=O)=O)oc12. The summed E-state index contributed by atoms with van der Waals surface area (Å²) >= 11 is 3.33. The van der Waals surface area contributed by atoms with E-state index >= 15 is 0 Å². The summed E-state index contributed by atoms with van der Waals surface area (Å²) in [7, 11) is -1.84. The van der Waals surface area contributed by atoms with Crippen molar-refractivity contribution in [3.63, 3.8) is 0 Å². The molecule has 0 unspecified atom stereocenters. The van der Waals surface area contributed by atoms with E-state index in [4.69, 9.17) is 9.15 Å². The highest BCUT2D eigenvalue weighted by molar-refractivity contribution is 9.10. The first-order valence-electron chi connectivity index (χ1n) is 4.39. The van der Waals surface area contributed by atoms with E-state index in [0.29, 0.717) is 16.7 Å². The fourth-order valence-corrected chi connectivity index (χ4v) is 2.38. The number of benzene rings is 1. The molecule has 0 radical (unpaired) electrons. The molecule has 0 saturated carbocycles. The second-order valence-electron chi connectivity index (χ2n) is 3.33. The van der Waals surface area contributed by atoms with Crippen LogP contribution in [0, 0.1) is 0 Å². The molecular formula is C10H9BrO4S. The van der Waals surface area contributed by atoms with Gasteiger partial charge in [0, 0.05) is 22.2 Å². The molecule has 2 rings (SSSR count). The number of methoxy groups -OCH3 is 1. The van der Waals surface area contributed by atoms with Crippen LogP contribution in [0.1, 0.15) is 0 Å². The Morgan fingerprint density at radius 1 is 1.38 bits per heavy atom. The van der Waals surface area contributed by atoms with Crippen molar-refractivity contribution < 1.29 is 17.6 Å². The second kappa shape index (κ2) is 3.78. The fourth-order valence-electron chi connectivity index (χ4n) is 1.39. The lowest BCUT2D eigenvalue weighted by Crippen LogP contribution is -1.93. The minimum atomic E-state index is -3.35. The van der Waals surface area contributed by atoms with Crippen LogP contribution in [0.15, 0.2) is 32.2 Å². The Balaban J connectivity index is 2.83. The summed E-state index contributed by atoms with van der Waals surface area (Å²) in [5.41, 5.74) is 0.428. The van der Waals surface area contributed by atoms with Crippen LogP contribution in [0.5, 0.6) is 5.75 Å². The molecule has 0 spiro atoms. The minimum Gasteiger partial charge on any atom is -0.493 e. The Bertz CT molecular complexity index is 642. The van der Waals surface area contributed by atoms with Gasteiger partial charge in [-0.15, -0.1) is 0 Å². The van der Waals surface area contributed by atoms with Crippen molar-refractivity contribution in [1.82, 2.24) is 0 Å². The van der Waals surface area contributed by atoms with Crippen LogP contribution in [0.25, 0.3) is 11.0 Å². The van der Waals surface area contributed by atoms with Gasteiger partial charge in [0.05, 0.1) is 7.11 Å². The molecule has 0 N–H and O–H groups in total. The van der Waals surface area contributed by atoms with Gasteiger partial charge in [0.25, 0.3) is 0 Å². The topological polar surface area (TPSA) is 56.5 Å². The number of hydrogen-bond acceptors (Lipinski definition) is 4. The van der Waals surface area contributed by atoms with Crippen LogP contribution >= 0.6 is 15.9 Å². The van der Waals surface area contributed by atoms with Crippen molar-refractivity contribution in [1.29, 1.82) is 0 Å². The summed E-state index contributed by atoms with van der Waals surface area (Å²) in [6.45, 7) is 0. The number of rotatable bonds is 2. The van der Waals surface area contributed by atoms with Gasteiger partial charge in [-0.2, -0.15) is 0 Å². The van der Waals surface area contributed by atoms with E-state index in [0.717, 1.165) is 10.7 Å². The van der Waals surface area contributed by atoms with Gasteiger partial charge >= 0.3 is 0 Å². The van der Waals surface area contributed by atoms with Gasteiger partial charge in [0.1, 0.15) is 0 Å². The summed E-state index contributed by atoms with van der Waals surface area (Å²) in [4.78, 5) is 0. The fraction of sp³-hybridized carbons (Fsp3) is 0.200. The van der Waals surface area contributed by atoms with Crippen LogP contribution < -0.4 is 4.74 Å². The molecule has 0 bridgehead atoms. The zero-order valence-corrected chi connectivity index (χ0v) is 11.1. The lowest BCUT2D eigenvalue weighted by molar-refractivity contribution is 0.401. The highest BCUT2D eigenvalue weighted by Crippen LogP contribution is 2.35. The largest absolute Gasteiger partial charge is 0.493 e. The molecule has 2 aromatic rings. The zero-order chi connectivity index (χ0) is 11.9. The Kier molecular flexibility index (Phi) is 2.71. The second-order valence-corrected chi connectivity index (χ2v) is 6.13. The van der Waals surface area contributed by atoms with Crippen LogP contribution in [-0.2, 0) is 9.84 Å². The smallest absolute Gasteiger partial charge is 0.219 e. The van der Waals surface area contributed by atoms with E-state index in [-0.39, 0.29) is 5.09 Å². The van der Waals surface area contributed by atoms with Gasteiger partial charge in [0.15, 0.2) is 11.3 Å². The Labute approximate surface area is 101 Å². The number of sulfone groups is 1. The van der Waals surface area contributed by atoms with Crippen molar-refractivity contribution in [3.05, 3.63) is 22.7 Å². The summed E-state index contributed by atoms with van der Waals surface area (Å²) < 4.78 is 33.9.